The molecule has 0 spiro atoms. The summed E-state index contributed by atoms with van der Waals surface area (Å²) in [6.07, 6.45) is 0. The highest BCUT2D eigenvalue weighted by Crippen LogP contribution is 2.19. The second-order valence-electron chi connectivity index (χ2n) is 3.71. The van der Waals surface area contributed by atoms with E-state index in [1.807, 2.05) is 6.07 Å². The maximum absolute atomic E-state index is 8.88. The van der Waals surface area contributed by atoms with Crippen LogP contribution in [-0.4, -0.2) is 29.0 Å². The van der Waals surface area contributed by atoms with E-state index >= 15 is 0 Å². The molecule has 15 heavy (non-hydrogen) atoms. The number of nitrogens with zero attached hydrogens (tertiary/aromatic N) is 2. The van der Waals surface area contributed by atoms with Crippen LogP contribution in [0.5, 0.6) is 0 Å². The van der Waals surface area contributed by atoms with Crippen LogP contribution in [0.3, 0.4) is 0 Å². The molecule has 1 aromatic rings. The van der Waals surface area contributed by atoms with Crippen molar-refractivity contribution >= 4 is 11.8 Å². The Labute approximate surface area is 94.9 Å². The first-order valence-electron chi connectivity index (χ1n) is 5.16. The van der Waals surface area contributed by atoms with Crippen molar-refractivity contribution in [3.8, 4) is 6.07 Å². The molecule has 1 aliphatic heterocycles. The summed E-state index contributed by atoms with van der Waals surface area (Å²) in [6, 6.07) is 12.8. The van der Waals surface area contributed by atoms with Crippen LogP contribution < -0.4 is 0 Å². The lowest BCUT2D eigenvalue weighted by molar-refractivity contribution is 0.284. The number of thioether (sulfide) groups is 1. The molecule has 1 fully saturated rings. The molecule has 0 amide bonds. The minimum absolute atomic E-state index is 0.155. The average molecular weight is 218 g/mol. The molecule has 0 bridgehead atoms. The van der Waals surface area contributed by atoms with Crippen molar-refractivity contribution in [2.45, 2.75) is 11.8 Å². The second-order valence-corrected chi connectivity index (χ2v) is 5.02. The van der Waals surface area contributed by atoms with E-state index in [1.54, 1.807) is 11.8 Å². The maximum Gasteiger partial charge on any atom is 0.104 e. The van der Waals surface area contributed by atoms with Gasteiger partial charge in [-0.05, 0) is 5.56 Å². The summed E-state index contributed by atoms with van der Waals surface area (Å²) in [5.41, 5.74) is 1.33. The van der Waals surface area contributed by atoms with Gasteiger partial charge in [0.25, 0.3) is 0 Å². The largest absolute Gasteiger partial charge is 0.296 e. The van der Waals surface area contributed by atoms with E-state index in [0.29, 0.717) is 0 Å². The maximum atomic E-state index is 8.88. The van der Waals surface area contributed by atoms with Gasteiger partial charge in [-0.3, -0.25) is 4.90 Å². The lowest BCUT2D eigenvalue weighted by Gasteiger charge is -2.29. The Morgan fingerprint density at radius 2 is 2.20 bits per heavy atom. The van der Waals surface area contributed by atoms with E-state index < -0.39 is 0 Å². The highest BCUT2D eigenvalue weighted by Gasteiger charge is 2.19. The van der Waals surface area contributed by atoms with Gasteiger partial charge < -0.3 is 0 Å². The van der Waals surface area contributed by atoms with E-state index in [9.17, 15) is 0 Å². The number of rotatable bonds is 2. The monoisotopic (exact) mass is 218 g/mol. The van der Waals surface area contributed by atoms with Gasteiger partial charge in [0.15, 0.2) is 0 Å². The Morgan fingerprint density at radius 3 is 2.93 bits per heavy atom. The van der Waals surface area contributed by atoms with Crippen LogP contribution in [0.2, 0.25) is 0 Å². The van der Waals surface area contributed by atoms with E-state index in [4.69, 9.17) is 5.26 Å². The van der Waals surface area contributed by atoms with Crippen molar-refractivity contribution in [2.24, 2.45) is 0 Å². The van der Waals surface area contributed by atoms with Crippen molar-refractivity contribution < 1.29 is 0 Å². The quantitative estimate of drug-likeness (QED) is 0.761. The SMILES string of the molecule is N#C[C@H]1CN(Cc2ccccc2)CCS1. The fraction of sp³-hybridized carbons (Fsp3) is 0.417. The molecule has 2 rings (SSSR count). The van der Waals surface area contributed by atoms with Crippen LogP contribution >= 0.6 is 11.8 Å². The van der Waals surface area contributed by atoms with E-state index in [1.165, 1.54) is 5.56 Å². The molecule has 2 nitrogen and oxygen atoms in total. The minimum atomic E-state index is 0.155. The van der Waals surface area contributed by atoms with Crippen LogP contribution in [-0.2, 0) is 6.54 Å². The molecule has 0 N–H and O–H groups in total. The fourth-order valence-corrected chi connectivity index (χ4v) is 2.80. The standard InChI is InChI=1S/C12H14N2S/c13-8-12-10-14(6-7-15-12)9-11-4-2-1-3-5-11/h1-5,12H,6-7,9-10H2/t12-/m0/s1. The molecule has 0 saturated carbocycles. The first kappa shape index (κ1) is 10.5. The summed E-state index contributed by atoms with van der Waals surface area (Å²) in [7, 11) is 0. The summed E-state index contributed by atoms with van der Waals surface area (Å²) < 4.78 is 0. The molecular formula is C12H14N2S. The van der Waals surface area contributed by atoms with Crippen LogP contribution in [0.4, 0.5) is 0 Å². The molecule has 3 heteroatoms. The Kier molecular flexibility index (Phi) is 3.65. The summed E-state index contributed by atoms with van der Waals surface area (Å²) in [6.45, 7) is 2.97. The van der Waals surface area contributed by atoms with Gasteiger partial charge in [-0.2, -0.15) is 5.26 Å². The Hall–Kier alpha value is -0.980. The van der Waals surface area contributed by atoms with Gasteiger partial charge in [-0.1, -0.05) is 30.3 Å². The van der Waals surface area contributed by atoms with Gasteiger partial charge in [0.2, 0.25) is 0 Å². The molecule has 78 valence electrons. The zero-order valence-electron chi connectivity index (χ0n) is 8.60. The molecule has 0 aliphatic carbocycles. The number of benzene rings is 1. The lowest BCUT2D eigenvalue weighted by Crippen LogP contribution is -2.36. The summed E-state index contributed by atoms with van der Waals surface area (Å²) in [5, 5.41) is 9.03. The average Bonchev–Trinajstić information content (AvgIpc) is 2.31. The van der Waals surface area contributed by atoms with Gasteiger partial charge in [0, 0.05) is 25.4 Å². The molecule has 1 aromatic carbocycles. The van der Waals surface area contributed by atoms with Gasteiger partial charge >= 0.3 is 0 Å². The normalized spacial score (nSPS) is 22.2. The molecule has 0 unspecified atom stereocenters. The third-order valence-electron chi connectivity index (χ3n) is 2.54. The third-order valence-corrected chi connectivity index (χ3v) is 3.62. The highest BCUT2D eigenvalue weighted by atomic mass is 32.2. The molecule has 1 atom stereocenters. The molecule has 1 saturated heterocycles. The smallest absolute Gasteiger partial charge is 0.104 e. The Morgan fingerprint density at radius 1 is 1.40 bits per heavy atom. The van der Waals surface area contributed by atoms with Gasteiger partial charge in [0.1, 0.15) is 5.25 Å². The summed E-state index contributed by atoms with van der Waals surface area (Å²) in [4.78, 5) is 2.36. The Balaban J connectivity index is 1.93. The summed E-state index contributed by atoms with van der Waals surface area (Å²) >= 11 is 1.77. The van der Waals surface area contributed by atoms with Crippen LogP contribution in [0.1, 0.15) is 5.56 Å². The van der Waals surface area contributed by atoms with Crippen molar-refractivity contribution in [2.75, 3.05) is 18.8 Å². The number of hydrogen-bond donors (Lipinski definition) is 0. The molecular weight excluding hydrogens is 204 g/mol. The molecule has 1 heterocycles. The van der Waals surface area contributed by atoms with E-state index in [-0.39, 0.29) is 5.25 Å². The second kappa shape index (κ2) is 5.20. The zero-order chi connectivity index (χ0) is 10.5. The van der Waals surface area contributed by atoms with Crippen molar-refractivity contribution in [3.63, 3.8) is 0 Å². The number of nitriles is 1. The topological polar surface area (TPSA) is 27.0 Å². The molecule has 0 aromatic heterocycles. The van der Waals surface area contributed by atoms with E-state index in [0.717, 1.165) is 25.4 Å². The minimum Gasteiger partial charge on any atom is -0.296 e. The van der Waals surface area contributed by atoms with E-state index in [2.05, 4.69) is 35.2 Å². The molecule has 1 aliphatic rings. The van der Waals surface area contributed by atoms with Crippen molar-refractivity contribution in [1.29, 1.82) is 5.26 Å². The van der Waals surface area contributed by atoms with Crippen LogP contribution in [0.15, 0.2) is 30.3 Å². The van der Waals surface area contributed by atoms with Crippen LogP contribution in [0.25, 0.3) is 0 Å². The predicted molar refractivity (Wildman–Crippen MR) is 63.6 cm³/mol. The zero-order valence-corrected chi connectivity index (χ0v) is 9.41. The number of hydrogen-bond acceptors (Lipinski definition) is 3. The Bertz CT molecular complexity index is 344. The fourth-order valence-electron chi connectivity index (χ4n) is 1.77. The summed E-state index contributed by atoms with van der Waals surface area (Å²) in [5.74, 6) is 1.07. The van der Waals surface area contributed by atoms with Crippen LogP contribution in [0, 0.1) is 11.3 Å². The highest BCUT2D eigenvalue weighted by molar-refractivity contribution is 8.00. The van der Waals surface area contributed by atoms with Gasteiger partial charge in [-0.15, -0.1) is 11.8 Å². The predicted octanol–water partition coefficient (Wildman–Crippen LogP) is 2.13. The lowest BCUT2D eigenvalue weighted by atomic mass is 10.2. The first-order chi connectivity index (χ1) is 7.38. The first-order valence-corrected chi connectivity index (χ1v) is 6.21. The van der Waals surface area contributed by atoms with Crippen molar-refractivity contribution in [3.05, 3.63) is 35.9 Å². The van der Waals surface area contributed by atoms with Crippen molar-refractivity contribution in [1.82, 2.24) is 4.90 Å². The third kappa shape index (κ3) is 2.98. The molecule has 0 radical (unpaired) electrons. The van der Waals surface area contributed by atoms with Gasteiger partial charge in [-0.25, -0.2) is 0 Å². The van der Waals surface area contributed by atoms with Gasteiger partial charge in [0.05, 0.1) is 6.07 Å².